The van der Waals surface area contributed by atoms with Gasteiger partial charge in [-0.2, -0.15) is 0 Å². The van der Waals surface area contributed by atoms with Gasteiger partial charge >= 0.3 is 0 Å². The minimum atomic E-state index is 0.117. The molecular formula is C20H14O4. The van der Waals surface area contributed by atoms with Gasteiger partial charge in [-0.15, -0.1) is 0 Å². The van der Waals surface area contributed by atoms with E-state index in [9.17, 15) is 9.59 Å². The van der Waals surface area contributed by atoms with Crippen LogP contribution in [0.15, 0.2) is 45.6 Å². The molecule has 2 aromatic heterocycles. The van der Waals surface area contributed by atoms with E-state index >= 15 is 0 Å². The van der Waals surface area contributed by atoms with Crippen LogP contribution in [-0.2, 0) is 12.8 Å². The van der Waals surface area contributed by atoms with Gasteiger partial charge < -0.3 is 8.83 Å². The van der Waals surface area contributed by atoms with Crippen LogP contribution in [-0.4, -0.2) is 11.6 Å². The highest BCUT2D eigenvalue weighted by atomic mass is 16.3. The van der Waals surface area contributed by atoms with Gasteiger partial charge in [-0.3, -0.25) is 9.59 Å². The Morgan fingerprint density at radius 2 is 1.08 bits per heavy atom. The first-order chi connectivity index (χ1) is 11.8. The van der Waals surface area contributed by atoms with E-state index in [1.54, 1.807) is 12.5 Å². The summed E-state index contributed by atoms with van der Waals surface area (Å²) >= 11 is 0. The van der Waals surface area contributed by atoms with Gasteiger partial charge in [0.1, 0.15) is 11.5 Å². The largest absolute Gasteiger partial charge is 0.464 e. The fourth-order valence-corrected chi connectivity index (χ4v) is 4.08. The van der Waals surface area contributed by atoms with Crippen LogP contribution in [0.25, 0.3) is 22.6 Å². The summed E-state index contributed by atoms with van der Waals surface area (Å²) in [5.74, 6) is 1.56. The molecule has 2 aliphatic rings. The monoisotopic (exact) mass is 318 g/mol. The third kappa shape index (κ3) is 1.68. The van der Waals surface area contributed by atoms with Gasteiger partial charge in [0.25, 0.3) is 0 Å². The molecule has 1 aromatic carbocycles. The Morgan fingerprint density at radius 1 is 0.625 bits per heavy atom. The zero-order valence-electron chi connectivity index (χ0n) is 12.9. The lowest BCUT2D eigenvalue weighted by Crippen LogP contribution is -2.05. The van der Waals surface area contributed by atoms with Crippen molar-refractivity contribution in [2.24, 2.45) is 0 Å². The molecule has 118 valence electrons. The van der Waals surface area contributed by atoms with Crippen molar-refractivity contribution >= 4 is 11.6 Å². The molecule has 4 nitrogen and oxygen atoms in total. The second-order valence-corrected chi connectivity index (χ2v) is 6.26. The molecule has 0 atom stereocenters. The summed E-state index contributed by atoms with van der Waals surface area (Å²) < 4.78 is 11.2. The maximum absolute atomic E-state index is 12.6. The molecule has 5 rings (SSSR count). The average molecular weight is 318 g/mol. The molecule has 0 radical (unpaired) electrons. The second-order valence-electron chi connectivity index (χ2n) is 6.26. The summed E-state index contributed by atoms with van der Waals surface area (Å²) in [6.07, 6.45) is 5.41. The Morgan fingerprint density at radius 3 is 1.46 bits per heavy atom. The standard InChI is InChI=1S/C20H14O4/c21-13-8-6-12-17(13)19(15-3-1-9-23-15)11-5-7-14(22)18(11)20(12)16-4-2-10-24-16/h1-4,9-10H,5-8H2. The average Bonchev–Trinajstić information content (AvgIpc) is 3.34. The lowest BCUT2D eigenvalue weighted by molar-refractivity contribution is 0.0986. The Kier molecular flexibility index (Phi) is 2.71. The van der Waals surface area contributed by atoms with Crippen LogP contribution in [0.5, 0.6) is 0 Å². The van der Waals surface area contributed by atoms with Gasteiger partial charge in [-0.05, 0) is 48.2 Å². The van der Waals surface area contributed by atoms with Crippen molar-refractivity contribution in [2.45, 2.75) is 25.7 Å². The molecule has 4 heteroatoms. The SMILES string of the molecule is O=C1CCc2c1c(-c1ccco1)c1c(c2-c2ccco2)C(=O)CC1. The molecule has 0 N–H and O–H groups in total. The number of furan rings is 2. The van der Waals surface area contributed by atoms with Crippen LogP contribution in [0.2, 0.25) is 0 Å². The van der Waals surface area contributed by atoms with Crippen molar-refractivity contribution in [1.82, 2.24) is 0 Å². The molecule has 0 bridgehead atoms. The molecule has 0 amide bonds. The highest BCUT2D eigenvalue weighted by Crippen LogP contribution is 2.47. The number of carbonyl (C=O) groups excluding carboxylic acids is 2. The Labute approximate surface area is 138 Å². The lowest BCUT2D eigenvalue weighted by atomic mass is 9.86. The van der Waals surface area contributed by atoms with Crippen molar-refractivity contribution in [2.75, 3.05) is 0 Å². The minimum Gasteiger partial charge on any atom is -0.464 e. The molecule has 2 aliphatic carbocycles. The van der Waals surface area contributed by atoms with E-state index in [0.29, 0.717) is 48.3 Å². The van der Waals surface area contributed by atoms with Crippen molar-refractivity contribution in [1.29, 1.82) is 0 Å². The first-order valence-electron chi connectivity index (χ1n) is 8.11. The van der Waals surface area contributed by atoms with Crippen LogP contribution in [0.3, 0.4) is 0 Å². The van der Waals surface area contributed by atoms with E-state index in [-0.39, 0.29) is 11.6 Å². The normalized spacial score (nSPS) is 15.8. The lowest BCUT2D eigenvalue weighted by Gasteiger charge is -2.16. The van der Waals surface area contributed by atoms with Crippen LogP contribution >= 0.6 is 0 Å². The molecule has 0 fully saturated rings. The predicted molar refractivity (Wildman–Crippen MR) is 87.1 cm³/mol. The number of rotatable bonds is 2. The quantitative estimate of drug-likeness (QED) is 0.699. The van der Waals surface area contributed by atoms with E-state index in [0.717, 1.165) is 22.3 Å². The molecule has 24 heavy (non-hydrogen) atoms. The Hall–Kier alpha value is -2.88. The zero-order valence-corrected chi connectivity index (χ0v) is 12.9. The Bertz CT molecular complexity index is 894. The third-order valence-corrected chi connectivity index (χ3v) is 5.00. The summed E-state index contributed by atoms with van der Waals surface area (Å²) in [6, 6.07) is 7.34. The molecule has 0 aliphatic heterocycles. The van der Waals surface area contributed by atoms with Crippen molar-refractivity contribution in [3.63, 3.8) is 0 Å². The number of carbonyl (C=O) groups is 2. The van der Waals surface area contributed by atoms with Gasteiger partial charge in [-0.1, -0.05) is 0 Å². The molecule has 2 heterocycles. The second kappa shape index (κ2) is 4.81. The van der Waals surface area contributed by atoms with Crippen molar-refractivity contribution in [3.05, 3.63) is 59.0 Å². The summed E-state index contributed by atoms with van der Waals surface area (Å²) in [5.41, 5.74) is 4.91. The third-order valence-electron chi connectivity index (χ3n) is 5.00. The highest BCUT2D eigenvalue weighted by molar-refractivity contribution is 6.15. The number of fused-ring (bicyclic) bond motifs is 2. The van der Waals surface area contributed by atoms with E-state index in [2.05, 4.69) is 0 Å². The maximum Gasteiger partial charge on any atom is 0.164 e. The van der Waals surface area contributed by atoms with Crippen molar-refractivity contribution < 1.29 is 18.4 Å². The molecule has 3 aromatic rings. The van der Waals surface area contributed by atoms with Gasteiger partial charge in [0.2, 0.25) is 0 Å². The summed E-state index contributed by atoms with van der Waals surface area (Å²) in [6.45, 7) is 0. The van der Waals surface area contributed by atoms with E-state index < -0.39 is 0 Å². The number of benzene rings is 1. The van der Waals surface area contributed by atoms with Crippen molar-refractivity contribution in [3.8, 4) is 22.6 Å². The van der Waals surface area contributed by atoms with Crippen LogP contribution in [0, 0.1) is 0 Å². The summed E-state index contributed by atoms with van der Waals surface area (Å²) in [7, 11) is 0. The number of hydrogen-bond donors (Lipinski definition) is 0. The predicted octanol–water partition coefficient (Wildman–Crippen LogP) is 4.46. The summed E-state index contributed by atoms with van der Waals surface area (Å²) in [5, 5.41) is 0. The van der Waals surface area contributed by atoms with E-state index in [1.165, 1.54) is 0 Å². The van der Waals surface area contributed by atoms with E-state index in [1.807, 2.05) is 24.3 Å². The first kappa shape index (κ1) is 13.5. The van der Waals surface area contributed by atoms with Gasteiger partial charge in [0.15, 0.2) is 11.6 Å². The molecular weight excluding hydrogens is 304 g/mol. The maximum atomic E-state index is 12.6. The highest BCUT2D eigenvalue weighted by Gasteiger charge is 2.37. The van der Waals surface area contributed by atoms with Crippen LogP contribution in [0.1, 0.15) is 44.7 Å². The fourth-order valence-electron chi connectivity index (χ4n) is 4.08. The van der Waals surface area contributed by atoms with Crippen LogP contribution in [0.4, 0.5) is 0 Å². The molecule has 0 saturated carbocycles. The molecule has 0 saturated heterocycles. The number of ketones is 2. The van der Waals surface area contributed by atoms with Gasteiger partial charge in [0.05, 0.1) is 12.5 Å². The van der Waals surface area contributed by atoms with Gasteiger partial charge in [0, 0.05) is 35.1 Å². The van der Waals surface area contributed by atoms with E-state index in [4.69, 9.17) is 8.83 Å². The smallest absolute Gasteiger partial charge is 0.164 e. The fraction of sp³-hybridized carbons (Fsp3) is 0.200. The topological polar surface area (TPSA) is 60.4 Å². The Balaban J connectivity index is 1.95. The van der Waals surface area contributed by atoms with Gasteiger partial charge in [-0.25, -0.2) is 0 Å². The minimum absolute atomic E-state index is 0.117. The number of Topliss-reactive ketones (excluding diaryl/α,β-unsaturated/α-hetero) is 2. The van der Waals surface area contributed by atoms with Crippen LogP contribution < -0.4 is 0 Å². The number of hydrogen-bond acceptors (Lipinski definition) is 4. The molecule has 0 spiro atoms. The first-order valence-corrected chi connectivity index (χ1v) is 8.11. The zero-order chi connectivity index (χ0) is 16.3. The summed E-state index contributed by atoms with van der Waals surface area (Å²) in [4.78, 5) is 25.3. The molecule has 0 unspecified atom stereocenters.